The van der Waals surface area contributed by atoms with Crippen LogP contribution in [-0.4, -0.2) is 16.7 Å². The Morgan fingerprint density at radius 2 is 1.50 bits per heavy atom. The Hall–Kier alpha value is -3.34. The molecule has 0 atom stereocenters. The molecule has 0 bridgehead atoms. The first-order valence-corrected chi connectivity index (χ1v) is 7.54. The van der Waals surface area contributed by atoms with E-state index in [4.69, 9.17) is 0 Å². The third kappa shape index (κ3) is 3.70. The number of carbonyl (C=O) groups is 2. The SMILES string of the molecule is CC(=O)c1c[nH]c(C(=O)Nc2ccc(Nc3ccccc3)cc2)c1. The van der Waals surface area contributed by atoms with E-state index in [1.54, 1.807) is 6.07 Å². The minimum Gasteiger partial charge on any atom is -0.356 e. The Labute approximate surface area is 139 Å². The number of Topliss-reactive ketones (excluding diaryl/α,β-unsaturated/α-hetero) is 1. The molecule has 0 fully saturated rings. The van der Waals surface area contributed by atoms with E-state index in [2.05, 4.69) is 15.6 Å². The van der Waals surface area contributed by atoms with Crippen LogP contribution in [-0.2, 0) is 0 Å². The maximum Gasteiger partial charge on any atom is 0.272 e. The predicted molar refractivity (Wildman–Crippen MR) is 94.9 cm³/mol. The maximum absolute atomic E-state index is 12.2. The van der Waals surface area contributed by atoms with Crippen LogP contribution in [0.1, 0.15) is 27.8 Å². The molecule has 0 radical (unpaired) electrons. The van der Waals surface area contributed by atoms with Crippen LogP contribution < -0.4 is 10.6 Å². The summed E-state index contributed by atoms with van der Waals surface area (Å²) >= 11 is 0. The zero-order chi connectivity index (χ0) is 16.9. The van der Waals surface area contributed by atoms with Crippen molar-refractivity contribution in [3.05, 3.63) is 78.1 Å². The van der Waals surface area contributed by atoms with Crippen LogP contribution in [0.3, 0.4) is 0 Å². The van der Waals surface area contributed by atoms with Gasteiger partial charge in [0.1, 0.15) is 5.69 Å². The zero-order valence-corrected chi connectivity index (χ0v) is 13.2. The van der Waals surface area contributed by atoms with Crippen LogP contribution in [0.2, 0.25) is 0 Å². The van der Waals surface area contributed by atoms with Gasteiger partial charge in [-0.15, -0.1) is 0 Å². The number of hydrogen-bond acceptors (Lipinski definition) is 3. The molecule has 24 heavy (non-hydrogen) atoms. The largest absolute Gasteiger partial charge is 0.356 e. The van der Waals surface area contributed by atoms with Gasteiger partial charge in [-0.2, -0.15) is 0 Å². The van der Waals surface area contributed by atoms with Gasteiger partial charge in [0.05, 0.1) is 0 Å². The molecule has 1 aromatic heterocycles. The van der Waals surface area contributed by atoms with Crippen molar-refractivity contribution in [3.63, 3.8) is 0 Å². The highest BCUT2D eigenvalue weighted by molar-refractivity contribution is 6.05. The molecule has 0 aliphatic carbocycles. The van der Waals surface area contributed by atoms with Crippen molar-refractivity contribution in [2.45, 2.75) is 6.92 Å². The van der Waals surface area contributed by atoms with Gasteiger partial charge in [0, 0.05) is 28.8 Å². The summed E-state index contributed by atoms with van der Waals surface area (Å²) in [4.78, 5) is 26.2. The lowest BCUT2D eigenvalue weighted by atomic mass is 10.2. The van der Waals surface area contributed by atoms with Gasteiger partial charge in [-0.3, -0.25) is 9.59 Å². The molecule has 0 saturated carbocycles. The summed E-state index contributed by atoms with van der Waals surface area (Å²) < 4.78 is 0. The minimum atomic E-state index is -0.286. The summed E-state index contributed by atoms with van der Waals surface area (Å²) in [5.74, 6) is -0.368. The van der Waals surface area contributed by atoms with Crippen LogP contribution in [0.4, 0.5) is 17.1 Å². The molecule has 3 rings (SSSR count). The highest BCUT2D eigenvalue weighted by atomic mass is 16.2. The fourth-order valence-corrected chi connectivity index (χ4v) is 2.25. The molecule has 0 aliphatic rings. The number of anilines is 3. The van der Waals surface area contributed by atoms with E-state index >= 15 is 0 Å². The number of nitrogens with one attached hydrogen (secondary N) is 3. The Morgan fingerprint density at radius 3 is 2.12 bits per heavy atom. The van der Waals surface area contributed by atoms with Gasteiger partial charge in [0.15, 0.2) is 5.78 Å². The van der Waals surface area contributed by atoms with Gasteiger partial charge >= 0.3 is 0 Å². The zero-order valence-electron chi connectivity index (χ0n) is 13.2. The summed E-state index contributed by atoms with van der Waals surface area (Å²) in [5, 5.41) is 6.07. The lowest BCUT2D eigenvalue weighted by Crippen LogP contribution is -2.12. The van der Waals surface area contributed by atoms with Gasteiger partial charge in [-0.05, 0) is 49.4 Å². The van der Waals surface area contributed by atoms with Crippen LogP contribution in [0.15, 0.2) is 66.9 Å². The van der Waals surface area contributed by atoms with E-state index in [-0.39, 0.29) is 11.7 Å². The Morgan fingerprint density at radius 1 is 0.875 bits per heavy atom. The van der Waals surface area contributed by atoms with Crippen LogP contribution in [0.25, 0.3) is 0 Å². The molecule has 1 amide bonds. The molecule has 0 saturated heterocycles. The van der Waals surface area contributed by atoms with Crippen molar-refractivity contribution in [2.75, 3.05) is 10.6 Å². The summed E-state index contributed by atoms with van der Waals surface area (Å²) in [5.41, 5.74) is 3.45. The maximum atomic E-state index is 12.2. The Balaban J connectivity index is 1.65. The van der Waals surface area contributed by atoms with Crippen molar-refractivity contribution >= 4 is 28.8 Å². The Bertz CT molecular complexity index is 852. The van der Waals surface area contributed by atoms with Gasteiger partial charge in [-0.25, -0.2) is 0 Å². The highest BCUT2D eigenvalue weighted by Crippen LogP contribution is 2.19. The van der Waals surface area contributed by atoms with Gasteiger partial charge < -0.3 is 15.6 Å². The van der Waals surface area contributed by atoms with Crippen molar-refractivity contribution in [1.29, 1.82) is 0 Å². The molecule has 0 unspecified atom stereocenters. The average Bonchev–Trinajstić information content (AvgIpc) is 3.08. The molecule has 3 aromatic rings. The minimum absolute atomic E-state index is 0.0818. The second-order valence-corrected chi connectivity index (χ2v) is 5.38. The molecule has 5 nitrogen and oxygen atoms in total. The predicted octanol–water partition coefficient (Wildman–Crippen LogP) is 4.21. The summed E-state index contributed by atoms with van der Waals surface area (Å²) in [6, 6.07) is 18.8. The number of carbonyl (C=O) groups excluding carboxylic acids is 2. The monoisotopic (exact) mass is 319 g/mol. The number of hydrogen-bond donors (Lipinski definition) is 3. The van der Waals surface area contributed by atoms with Crippen LogP contribution in [0, 0.1) is 0 Å². The topological polar surface area (TPSA) is 74.0 Å². The van der Waals surface area contributed by atoms with Crippen LogP contribution >= 0.6 is 0 Å². The fraction of sp³-hybridized carbons (Fsp3) is 0.0526. The van der Waals surface area contributed by atoms with E-state index < -0.39 is 0 Å². The van der Waals surface area contributed by atoms with Gasteiger partial charge in [0.25, 0.3) is 5.91 Å². The van der Waals surface area contributed by atoms with Crippen molar-refractivity contribution in [2.24, 2.45) is 0 Å². The number of aromatic amines is 1. The molecular formula is C19H17N3O2. The number of ketones is 1. The molecule has 1 heterocycles. The highest BCUT2D eigenvalue weighted by Gasteiger charge is 2.10. The third-order valence-electron chi connectivity index (χ3n) is 3.54. The first-order chi connectivity index (χ1) is 11.6. The molecule has 2 aromatic carbocycles. The smallest absolute Gasteiger partial charge is 0.272 e. The lowest BCUT2D eigenvalue weighted by molar-refractivity contribution is 0.101. The Kier molecular flexibility index (Phi) is 4.43. The second-order valence-electron chi connectivity index (χ2n) is 5.38. The van der Waals surface area contributed by atoms with Gasteiger partial charge in [0.2, 0.25) is 0 Å². The van der Waals surface area contributed by atoms with E-state index in [1.807, 2.05) is 54.6 Å². The first kappa shape index (κ1) is 15.6. The second kappa shape index (κ2) is 6.83. The molecule has 120 valence electrons. The van der Waals surface area contributed by atoms with E-state index in [0.717, 1.165) is 11.4 Å². The molecular weight excluding hydrogens is 302 g/mol. The summed E-state index contributed by atoms with van der Waals surface area (Å²) in [7, 11) is 0. The van der Waals surface area contributed by atoms with E-state index in [0.29, 0.717) is 16.9 Å². The van der Waals surface area contributed by atoms with Crippen LogP contribution in [0.5, 0.6) is 0 Å². The van der Waals surface area contributed by atoms with Gasteiger partial charge in [-0.1, -0.05) is 18.2 Å². The number of H-pyrrole nitrogens is 1. The summed E-state index contributed by atoms with van der Waals surface area (Å²) in [6.45, 7) is 1.46. The number of amides is 1. The molecule has 5 heteroatoms. The summed E-state index contributed by atoms with van der Waals surface area (Å²) in [6.07, 6.45) is 1.53. The van der Waals surface area contributed by atoms with Crippen molar-refractivity contribution in [1.82, 2.24) is 4.98 Å². The normalized spacial score (nSPS) is 10.2. The van der Waals surface area contributed by atoms with E-state index in [9.17, 15) is 9.59 Å². The lowest BCUT2D eigenvalue weighted by Gasteiger charge is -2.08. The molecule has 3 N–H and O–H groups in total. The molecule has 0 aliphatic heterocycles. The number of rotatable bonds is 5. The fourth-order valence-electron chi connectivity index (χ4n) is 2.25. The van der Waals surface area contributed by atoms with Crippen molar-refractivity contribution < 1.29 is 9.59 Å². The quantitative estimate of drug-likeness (QED) is 0.617. The average molecular weight is 319 g/mol. The first-order valence-electron chi connectivity index (χ1n) is 7.54. The van der Waals surface area contributed by atoms with Crippen molar-refractivity contribution in [3.8, 4) is 0 Å². The van der Waals surface area contributed by atoms with E-state index in [1.165, 1.54) is 13.1 Å². The number of aromatic nitrogens is 1. The molecule has 0 spiro atoms. The standard InChI is InChI=1S/C19H17N3O2/c1-13(23)14-11-18(20-12-14)19(24)22-17-9-7-16(8-10-17)21-15-5-3-2-4-6-15/h2-12,20-21H,1H3,(H,22,24). The number of benzene rings is 2. The third-order valence-corrected chi connectivity index (χ3v) is 3.54. The number of para-hydroxylation sites is 1.